The van der Waals surface area contributed by atoms with E-state index in [1.807, 2.05) is 7.05 Å². The van der Waals surface area contributed by atoms with Crippen LogP contribution in [0.15, 0.2) is 4.99 Å². The van der Waals surface area contributed by atoms with Crippen molar-refractivity contribution in [2.75, 3.05) is 25.9 Å². The molecule has 1 aliphatic rings. The Morgan fingerprint density at radius 2 is 2.24 bits per heavy atom. The number of guanidine groups is 1. The van der Waals surface area contributed by atoms with Crippen molar-refractivity contribution in [1.82, 2.24) is 15.2 Å². The van der Waals surface area contributed by atoms with Crippen molar-refractivity contribution in [1.29, 1.82) is 0 Å². The second-order valence-electron chi connectivity index (χ2n) is 5.75. The molecule has 0 aromatic carbocycles. The van der Waals surface area contributed by atoms with E-state index in [2.05, 4.69) is 59.6 Å². The number of aromatic nitrogens is 1. The summed E-state index contributed by atoms with van der Waals surface area (Å²) in [6.45, 7) is 11.7. The van der Waals surface area contributed by atoms with Crippen molar-refractivity contribution in [3.05, 3.63) is 15.6 Å². The Labute approximate surface area is 136 Å². The summed E-state index contributed by atoms with van der Waals surface area (Å²) in [4.78, 5) is 12.7. The molecule has 0 amide bonds. The highest BCUT2D eigenvalue weighted by molar-refractivity contribution is 8.00. The van der Waals surface area contributed by atoms with Gasteiger partial charge >= 0.3 is 0 Å². The molecule has 0 saturated carbocycles. The Hall–Kier alpha value is -0.750. The summed E-state index contributed by atoms with van der Waals surface area (Å²) in [7, 11) is 1.87. The van der Waals surface area contributed by atoms with E-state index < -0.39 is 0 Å². The van der Waals surface area contributed by atoms with Gasteiger partial charge in [0.05, 0.1) is 12.2 Å². The van der Waals surface area contributed by atoms with Crippen molar-refractivity contribution >= 4 is 29.1 Å². The predicted octanol–water partition coefficient (Wildman–Crippen LogP) is 2.91. The van der Waals surface area contributed by atoms with Crippen molar-refractivity contribution in [3.8, 4) is 0 Å². The van der Waals surface area contributed by atoms with Crippen molar-refractivity contribution in [2.45, 2.75) is 39.5 Å². The molecule has 1 fully saturated rings. The van der Waals surface area contributed by atoms with Gasteiger partial charge in [-0.1, -0.05) is 13.8 Å². The molecule has 1 N–H and O–H groups in total. The molecule has 1 atom stereocenters. The van der Waals surface area contributed by atoms with Gasteiger partial charge in [-0.3, -0.25) is 4.99 Å². The zero-order chi connectivity index (χ0) is 15.4. The van der Waals surface area contributed by atoms with E-state index in [4.69, 9.17) is 0 Å². The molecule has 1 saturated heterocycles. The Morgan fingerprint density at radius 3 is 2.81 bits per heavy atom. The summed E-state index contributed by atoms with van der Waals surface area (Å²) in [5.41, 5.74) is 1.14. The number of rotatable bonds is 3. The standard InChI is InChI=1S/C15H26N4S2/c1-10(2)13-9-19(6-7-20-13)15(16-5)17-8-14-18-11(3)12(4)21-14/h10,13H,6-9H2,1-5H3,(H,16,17). The first-order valence-corrected chi connectivity index (χ1v) is 9.38. The predicted molar refractivity (Wildman–Crippen MR) is 94.4 cm³/mol. The maximum atomic E-state index is 4.58. The zero-order valence-corrected chi connectivity index (χ0v) is 15.3. The number of hydrogen-bond acceptors (Lipinski definition) is 4. The van der Waals surface area contributed by atoms with E-state index in [-0.39, 0.29) is 0 Å². The Balaban J connectivity index is 1.93. The van der Waals surface area contributed by atoms with Crippen LogP contribution in [0, 0.1) is 19.8 Å². The number of nitrogens with one attached hydrogen (secondary N) is 1. The van der Waals surface area contributed by atoms with Gasteiger partial charge in [-0.05, 0) is 19.8 Å². The maximum absolute atomic E-state index is 4.58. The van der Waals surface area contributed by atoms with E-state index in [1.165, 1.54) is 10.6 Å². The van der Waals surface area contributed by atoms with Crippen LogP contribution in [-0.2, 0) is 6.54 Å². The van der Waals surface area contributed by atoms with Gasteiger partial charge in [0, 0.05) is 36.0 Å². The summed E-state index contributed by atoms with van der Waals surface area (Å²) < 4.78 is 0. The Kier molecular flexibility index (Phi) is 5.93. The minimum absolute atomic E-state index is 0.696. The smallest absolute Gasteiger partial charge is 0.194 e. The van der Waals surface area contributed by atoms with Crippen LogP contribution in [0.1, 0.15) is 29.4 Å². The fourth-order valence-electron chi connectivity index (χ4n) is 2.37. The number of nitrogens with zero attached hydrogens (tertiary/aromatic N) is 3. The minimum Gasteiger partial charge on any atom is -0.350 e. The third-order valence-electron chi connectivity index (χ3n) is 3.82. The monoisotopic (exact) mass is 326 g/mol. The first-order chi connectivity index (χ1) is 10.0. The zero-order valence-electron chi connectivity index (χ0n) is 13.6. The number of thiazole rings is 1. The van der Waals surface area contributed by atoms with E-state index >= 15 is 0 Å². The van der Waals surface area contributed by atoms with Crippen LogP contribution in [0.2, 0.25) is 0 Å². The van der Waals surface area contributed by atoms with Crippen molar-refractivity contribution < 1.29 is 0 Å². The Morgan fingerprint density at radius 1 is 1.48 bits per heavy atom. The number of aryl methyl sites for hydroxylation is 2. The van der Waals surface area contributed by atoms with Gasteiger partial charge in [0.15, 0.2) is 5.96 Å². The molecule has 6 heteroatoms. The van der Waals surface area contributed by atoms with E-state index in [0.29, 0.717) is 11.2 Å². The van der Waals surface area contributed by atoms with Gasteiger partial charge in [-0.15, -0.1) is 11.3 Å². The molecule has 1 aliphatic heterocycles. The molecule has 4 nitrogen and oxygen atoms in total. The lowest BCUT2D eigenvalue weighted by atomic mass is 10.1. The van der Waals surface area contributed by atoms with Crippen molar-refractivity contribution in [3.63, 3.8) is 0 Å². The van der Waals surface area contributed by atoms with Crippen LogP contribution < -0.4 is 5.32 Å². The first-order valence-electron chi connectivity index (χ1n) is 7.51. The number of aliphatic imine (C=N–C) groups is 1. The first kappa shape index (κ1) is 16.6. The maximum Gasteiger partial charge on any atom is 0.194 e. The lowest BCUT2D eigenvalue weighted by Gasteiger charge is -2.36. The van der Waals surface area contributed by atoms with Crippen molar-refractivity contribution in [2.24, 2.45) is 10.9 Å². The highest BCUT2D eigenvalue weighted by Gasteiger charge is 2.24. The van der Waals surface area contributed by atoms with Crippen LogP contribution in [-0.4, -0.2) is 47.0 Å². The van der Waals surface area contributed by atoms with Crippen LogP contribution >= 0.6 is 23.1 Å². The normalized spacial score (nSPS) is 20.2. The minimum atomic E-state index is 0.696. The molecule has 0 radical (unpaired) electrons. The summed E-state index contributed by atoms with van der Waals surface area (Å²) in [6, 6.07) is 0. The van der Waals surface area contributed by atoms with Gasteiger partial charge in [0.25, 0.3) is 0 Å². The fraction of sp³-hybridized carbons (Fsp3) is 0.733. The highest BCUT2D eigenvalue weighted by atomic mass is 32.2. The van der Waals surface area contributed by atoms with Crippen LogP contribution in [0.25, 0.3) is 0 Å². The van der Waals surface area contributed by atoms with Gasteiger partial charge < -0.3 is 10.2 Å². The molecule has 1 unspecified atom stereocenters. The highest BCUT2D eigenvalue weighted by Crippen LogP contribution is 2.25. The lowest BCUT2D eigenvalue weighted by Crippen LogP contribution is -2.48. The molecule has 1 aromatic rings. The summed E-state index contributed by atoms with van der Waals surface area (Å²) >= 11 is 3.86. The molecular weight excluding hydrogens is 300 g/mol. The second kappa shape index (κ2) is 7.49. The van der Waals surface area contributed by atoms with Crippen LogP contribution in [0.4, 0.5) is 0 Å². The molecule has 118 valence electrons. The number of thioether (sulfide) groups is 1. The van der Waals surface area contributed by atoms with Gasteiger partial charge in [-0.2, -0.15) is 11.8 Å². The summed E-state index contributed by atoms with van der Waals surface area (Å²) in [6.07, 6.45) is 0. The molecule has 0 bridgehead atoms. The molecular formula is C15H26N4S2. The Bertz CT molecular complexity index is 476. The lowest BCUT2D eigenvalue weighted by molar-refractivity contribution is 0.380. The van der Waals surface area contributed by atoms with E-state index in [0.717, 1.165) is 36.3 Å². The SMILES string of the molecule is CN=C(NCc1nc(C)c(C)s1)N1CCSC(C(C)C)C1. The van der Waals surface area contributed by atoms with Gasteiger partial charge in [0.1, 0.15) is 5.01 Å². The van der Waals surface area contributed by atoms with E-state index in [1.54, 1.807) is 11.3 Å². The summed E-state index contributed by atoms with van der Waals surface area (Å²) in [5.74, 6) is 2.89. The molecule has 0 spiro atoms. The quantitative estimate of drug-likeness (QED) is 0.685. The average molecular weight is 327 g/mol. The van der Waals surface area contributed by atoms with Crippen LogP contribution in [0.5, 0.6) is 0 Å². The molecule has 2 rings (SSSR count). The topological polar surface area (TPSA) is 40.5 Å². The average Bonchev–Trinajstić information content (AvgIpc) is 2.79. The number of hydrogen-bond donors (Lipinski definition) is 1. The van der Waals surface area contributed by atoms with E-state index in [9.17, 15) is 0 Å². The van der Waals surface area contributed by atoms with Gasteiger partial charge in [0.2, 0.25) is 0 Å². The third kappa shape index (κ3) is 4.36. The third-order valence-corrected chi connectivity index (χ3v) is 6.43. The molecule has 1 aromatic heterocycles. The largest absolute Gasteiger partial charge is 0.350 e. The summed E-state index contributed by atoms with van der Waals surface area (Å²) in [5, 5.41) is 5.30. The molecule has 21 heavy (non-hydrogen) atoms. The molecule has 2 heterocycles. The second-order valence-corrected chi connectivity index (χ2v) is 8.38. The molecule has 0 aliphatic carbocycles. The van der Waals surface area contributed by atoms with Gasteiger partial charge in [-0.25, -0.2) is 4.98 Å². The van der Waals surface area contributed by atoms with Crippen LogP contribution in [0.3, 0.4) is 0 Å². The fourth-order valence-corrected chi connectivity index (χ4v) is 4.55.